The number of nitrogens with zero attached hydrogens (tertiary/aromatic N) is 1. The molecular weight excluding hydrogens is 294 g/mol. The lowest BCUT2D eigenvalue weighted by Gasteiger charge is -2.18. The van der Waals surface area contributed by atoms with Gasteiger partial charge in [0, 0.05) is 13.1 Å². The second kappa shape index (κ2) is 8.20. The summed E-state index contributed by atoms with van der Waals surface area (Å²) in [4.78, 5) is 14.0. The lowest BCUT2D eigenvalue weighted by molar-refractivity contribution is -0.145. The van der Waals surface area contributed by atoms with E-state index in [4.69, 9.17) is 14.2 Å². The van der Waals surface area contributed by atoms with Gasteiger partial charge in [0.05, 0.1) is 27.2 Å². The summed E-state index contributed by atoms with van der Waals surface area (Å²) in [7, 11) is 4.75. The molecular formula is C18H27NO4. The van der Waals surface area contributed by atoms with E-state index in [1.54, 1.807) is 14.2 Å². The van der Waals surface area contributed by atoms with E-state index in [9.17, 15) is 4.79 Å². The van der Waals surface area contributed by atoms with Crippen LogP contribution in [0.1, 0.15) is 25.3 Å². The van der Waals surface area contributed by atoms with E-state index in [0.29, 0.717) is 5.92 Å². The minimum absolute atomic E-state index is 0.0222. The van der Waals surface area contributed by atoms with E-state index in [0.717, 1.165) is 44.0 Å². The Kier molecular flexibility index (Phi) is 6.28. The average Bonchev–Trinajstić information content (AvgIpc) is 3.00. The predicted octanol–water partition coefficient (Wildman–Crippen LogP) is 2.72. The number of esters is 1. The number of hydrogen-bond donors (Lipinski definition) is 0. The molecule has 1 aliphatic rings. The molecule has 1 saturated heterocycles. The highest BCUT2D eigenvalue weighted by Crippen LogP contribution is 2.30. The van der Waals surface area contributed by atoms with Crippen LogP contribution in [0.2, 0.25) is 0 Å². The number of carbonyl (C=O) groups excluding carboxylic acids is 1. The van der Waals surface area contributed by atoms with Gasteiger partial charge in [-0.05, 0) is 43.0 Å². The Hall–Kier alpha value is -1.75. The molecule has 1 heterocycles. The Labute approximate surface area is 138 Å². The summed E-state index contributed by atoms with van der Waals surface area (Å²) >= 11 is 0. The second-order valence-corrected chi connectivity index (χ2v) is 6.24. The van der Waals surface area contributed by atoms with Crippen LogP contribution in [0.15, 0.2) is 18.2 Å². The summed E-state index contributed by atoms with van der Waals surface area (Å²) in [5.74, 6) is 1.95. The van der Waals surface area contributed by atoms with Gasteiger partial charge >= 0.3 is 5.97 Å². The standard InChI is InChI=1S/C18H27NO4/c1-13(18(20)23-4)9-15-7-8-19(12-15)11-14-5-6-16(21-2)17(10-14)22-3/h5-6,10,13,15H,7-9,11-12H2,1-4H3. The van der Waals surface area contributed by atoms with Crippen molar-refractivity contribution in [3.8, 4) is 11.5 Å². The molecule has 23 heavy (non-hydrogen) atoms. The molecule has 2 rings (SSSR count). The van der Waals surface area contributed by atoms with Gasteiger partial charge < -0.3 is 14.2 Å². The Morgan fingerprint density at radius 1 is 1.26 bits per heavy atom. The summed E-state index contributed by atoms with van der Waals surface area (Å²) in [5.41, 5.74) is 1.21. The van der Waals surface area contributed by atoms with Crippen molar-refractivity contribution in [2.24, 2.45) is 11.8 Å². The lowest BCUT2D eigenvalue weighted by atomic mass is 9.95. The monoisotopic (exact) mass is 321 g/mol. The first-order valence-corrected chi connectivity index (χ1v) is 8.08. The predicted molar refractivity (Wildman–Crippen MR) is 88.7 cm³/mol. The van der Waals surface area contributed by atoms with Crippen LogP contribution in [0.25, 0.3) is 0 Å². The maximum atomic E-state index is 11.5. The number of methoxy groups -OCH3 is 3. The molecule has 5 heteroatoms. The average molecular weight is 321 g/mol. The van der Waals surface area contributed by atoms with Gasteiger partial charge in [0.15, 0.2) is 11.5 Å². The smallest absolute Gasteiger partial charge is 0.308 e. The molecule has 0 bridgehead atoms. The highest BCUT2D eigenvalue weighted by Gasteiger charge is 2.26. The first-order chi connectivity index (χ1) is 11.1. The first-order valence-electron chi connectivity index (χ1n) is 8.08. The highest BCUT2D eigenvalue weighted by molar-refractivity contribution is 5.71. The Morgan fingerprint density at radius 2 is 2.00 bits per heavy atom. The molecule has 1 aromatic carbocycles. The SMILES string of the molecule is COC(=O)C(C)CC1CCN(Cc2ccc(OC)c(OC)c2)C1. The van der Waals surface area contributed by atoms with Crippen molar-refractivity contribution < 1.29 is 19.0 Å². The van der Waals surface area contributed by atoms with Gasteiger partial charge in [-0.2, -0.15) is 0 Å². The summed E-state index contributed by atoms with van der Waals surface area (Å²) in [6, 6.07) is 6.05. The van der Waals surface area contributed by atoms with E-state index in [1.807, 2.05) is 19.1 Å². The quantitative estimate of drug-likeness (QED) is 0.723. The van der Waals surface area contributed by atoms with Crippen LogP contribution in [0.5, 0.6) is 11.5 Å². The van der Waals surface area contributed by atoms with E-state index in [2.05, 4.69) is 11.0 Å². The summed E-state index contributed by atoms with van der Waals surface area (Å²) < 4.78 is 15.4. The summed E-state index contributed by atoms with van der Waals surface area (Å²) in [6.45, 7) is 4.93. The first kappa shape index (κ1) is 17.6. The van der Waals surface area contributed by atoms with E-state index in [-0.39, 0.29) is 11.9 Å². The van der Waals surface area contributed by atoms with Gasteiger partial charge in [0.2, 0.25) is 0 Å². The van der Waals surface area contributed by atoms with E-state index < -0.39 is 0 Å². The molecule has 0 N–H and O–H groups in total. The van der Waals surface area contributed by atoms with Crippen LogP contribution in [0.4, 0.5) is 0 Å². The van der Waals surface area contributed by atoms with E-state index >= 15 is 0 Å². The third-order valence-electron chi connectivity index (χ3n) is 4.51. The molecule has 0 amide bonds. The number of ether oxygens (including phenoxy) is 3. The van der Waals surface area contributed by atoms with Gasteiger partial charge in [-0.1, -0.05) is 13.0 Å². The minimum Gasteiger partial charge on any atom is -0.493 e. The van der Waals surface area contributed by atoms with Crippen molar-refractivity contribution in [2.45, 2.75) is 26.3 Å². The van der Waals surface area contributed by atoms with Crippen LogP contribution in [0.3, 0.4) is 0 Å². The zero-order valence-corrected chi connectivity index (χ0v) is 14.5. The van der Waals surface area contributed by atoms with Crippen LogP contribution in [-0.2, 0) is 16.1 Å². The Bertz CT molecular complexity index is 532. The molecule has 0 aromatic heterocycles. The topological polar surface area (TPSA) is 48.0 Å². The van der Waals surface area contributed by atoms with Crippen molar-refractivity contribution >= 4 is 5.97 Å². The number of hydrogen-bond acceptors (Lipinski definition) is 5. The minimum atomic E-state index is -0.108. The van der Waals surface area contributed by atoms with Gasteiger partial charge in [0.1, 0.15) is 0 Å². The zero-order chi connectivity index (χ0) is 16.8. The fourth-order valence-corrected chi connectivity index (χ4v) is 3.28. The van der Waals surface area contributed by atoms with Crippen molar-refractivity contribution in [3.63, 3.8) is 0 Å². The highest BCUT2D eigenvalue weighted by atomic mass is 16.5. The molecule has 2 atom stereocenters. The zero-order valence-electron chi connectivity index (χ0n) is 14.5. The largest absolute Gasteiger partial charge is 0.493 e. The maximum Gasteiger partial charge on any atom is 0.308 e. The molecule has 1 fully saturated rings. The van der Waals surface area contributed by atoms with Crippen LogP contribution >= 0.6 is 0 Å². The van der Waals surface area contributed by atoms with Gasteiger partial charge in [-0.15, -0.1) is 0 Å². The van der Waals surface area contributed by atoms with Gasteiger partial charge in [-0.3, -0.25) is 9.69 Å². The van der Waals surface area contributed by atoms with Crippen LogP contribution in [-0.4, -0.2) is 45.3 Å². The maximum absolute atomic E-state index is 11.5. The van der Waals surface area contributed by atoms with Crippen molar-refractivity contribution in [3.05, 3.63) is 23.8 Å². The van der Waals surface area contributed by atoms with Gasteiger partial charge in [-0.25, -0.2) is 0 Å². The molecule has 0 aliphatic carbocycles. The normalized spacial score (nSPS) is 19.4. The number of likely N-dealkylation sites (tertiary alicyclic amines) is 1. The number of benzene rings is 1. The molecule has 1 aliphatic heterocycles. The molecule has 5 nitrogen and oxygen atoms in total. The van der Waals surface area contributed by atoms with E-state index in [1.165, 1.54) is 12.7 Å². The van der Waals surface area contributed by atoms with Crippen molar-refractivity contribution in [2.75, 3.05) is 34.4 Å². The van der Waals surface area contributed by atoms with Crippen LogP contribution in [0, 0.1) is 11.8 Å². The number of rotatable bonds is 7. The third-order valence-corrected chi connectivity index (χ3v) is 4.51. The molecule has 0 radical (unpaired) electrons. The Balaban J connectivity index is 1.89. The molecule has 0 spiro atoms. The van der Waals surface area contributed by atoms with Crippen molar-refractivity contribution in [1.29, 1.82) is 0 Å². The second-order valence-electron chi connectivity index (χ2n) is 6.24. The molecule has 0 saturated carbocycles. The fraction of sp³-hybridized carbons (Fsp3) is 0.611. The van der Waals surface area contributed by atoms with Gasteiger partial charge in [0.25, 0.3) is 0 Å². The Morgan fingerprint density at radius 3 is 2.65 bits per heavy atom. The number of carbonyl (C=O) groups is 1. The summed E-state index contributed by atoms with van der Waals surface area (Å²) in [5, 5.41) is 0. The molecule has 2 unspecified atom stereocenters. The third kappa shape index (κ3) is 4.61. The molecule has 1 aromatic rings. The van der Waals surface area contributed by atoms with Crippen LogP contribution < -0.4 is 9.47 Å². The van der Waals surface area contributed by atoms with Crippen molar-refractivity contribution in [1.82, 2.24) is 4.90 Å². The fourth-order valence-electron chi connectivity index (χ4n) is 3.28. The lowest BCUT2D eigenvalue weighted by Crippen LogP contribution is -2.22. The molecule has 128 valence electrons. The summed E-state index contributed by atoms with van der Waals surface area (Å²) in [6.07, 6.45) is 2.03.